The second-order valence-corrected chi connectivity index (χ2v) is 5.61. The topological polar surface area (TPSA) is 58.0 Å². The number of aryl methyl sites for hydroxylation is 1. The highest BCUT2D eigenvalue weighted by Crippen LogP contribution is 2.22. The zero-order valence-electron chi connectivity index (χ0n) is 9.06. The molecular weight excluding hydrogens is 230 g/mol. The van der Waals surface area contributed by atoms with Crippen molar-refractivity contribution in [1.29, 1.82) is 0 Å². The van der Waals surface area contributed by atoms with E-state index in [9.17, 15) is 0 Å². The molecular formula is C9H17N3OS2. The molecule has 0 aliphatic rings. The number of rotatable bonds is 7. The Hall–Kier alpha value is -0.170. The van der Waals surface area contributed by atoms with Crippen LogP contribution in [0.25, 0.3) is 0 Å². The van der Waals surface area contributed by atoms with E-state index in [1.807, 2.05) is 6.92 Å². The molecule has 1 aromatic rings. The average molecular weight is 247 g/mol. The lowest BCUT2D eigenvalue weighted by atomic mass is 10.2. The largest absolute Gasteiger partial charge is 0.396 e. The lowest BCUT2D eigenvalue weighted by Gasteiger charge is -2.14. The highest BCUT2D eigenvalue weighted by Gasteiger charge is 2.09. The Balaban J connectivity index is 2.32. The minimum atomic E-state index is 0.230. The molecule has 0 aliphatic heterocycles. The number of nitrogens with one attached hydrogen (secondary N) is 1. The molecule has 0 bridgehead atoms. The summed E-state index contributed by atoms with van der Waals surface area (Å²) in [4.78, 5) is 0. The number of aliphatic hydroxyl groups excluding tert-OH is 1. The van der Waals surface area contributed by atoms with E-state index >= 15 is 0 Å². The van der Waals surface area contributed by atoms with Crippen molar-refractivity contribution in [3.8, 4) is 0 Å². The molecule has 1 aromatic heterocycles. The van der Waals surface area contributed by atoms with Crippen LogP contribution in [0.3, 0.4) is 0 Å². The first-order chi connectivity index (χ1) is 7.26. The second kappa shape index (κ2) is 7.16. The molecule has 0 spiro atoms. The molecule has 1 heterocycles. The SMILES string of the molecule is CCNC(CCO)CSc1nnc(C)s1. The maximum absolute atomic E-state index is 8.89. The standard InChI is InChI=1S/C9H17N3OS2/c1-3-10-8(4-5-13)6-14-9-12-11-7(2)15-9/h8,10,13H,3-6H2,1-2H3. The summed E-state index contributed by atoms with van der Waals surface area (Å²) in [6, 6.07) is 0.356. The lowest BCUT2D eigenvalue weighted by molar-refractivity contribution is 0.271. The van der Waals surface area contributed by atoms with Gasteiger partial charge in [0.25, 0.3) is 0 Å². The summed E-state index contributed by atoms with van der Waals surface area (Å²) < 4.78 is 1.01. The highest BCUT2D eigenvalue weighted by molar-refractivity contribution is 8.01. The average Bonchev–Trinajstić information content (AvgIpc) is 2.61. The summed E-state index contributed by atoms with van der Waals surface area (Å²) in [5, 5.41) is 21.2. The molecule has 0 fully saturated rings. The smallest absolute Gasteiger partial charge is 0.174 e. The number of thioether (sulfide) groups is 1. The fourth-order valence-corrected chi connectivity index (χ4v) is 3.14. The van der Waals surface area contributed by atoms with Crippen molar-refractivity contribution in [2.45, 2.75) is 30.6 Å². The Morgan fingerprint density at radius 2 is 2.33 bits per heavy atom. The first kappa shape index (κ1) is 12.9. The Morgan fingerprint density at radius 3 is 2.87 bits per heavy atom. The Kier molecular flexibility index (Phi) is 6.16. The van der Waals surface area contributed by atoms with E-state index in [0.717, 1.165) is 28.1 Å². The second-order valence-electron chi connectivity index (χ2n) is 3.16. The molecule has 1 unspecified atom stereocenters. The summed E-state index contributed by atoms with van der Waals surface area (Å²) in [7, 11) is 0. The van der Waals surface area contributed by atoms with Gasteiger partial charge in [0.05, 0.1) is 0 Å². The van der Waals surface area contributed by atoms with Crippen LogP contribution in [0, 0.1) is 6.92 Å². The summed E-state index contributed by atoms with van der Waals surface area (Å²) in [6.07, 6.45) is 0.790. The molecule has 0 amide bonds. The van der Waals surface area contributed by atoms with Crippen molar-refractivity contribution in [3.63, 3.8) is 0 Å². The van der Waals surface area contributed by atoms with Crippen LogP contribution in [0.5, 0.6) is 0 Å². The molecule has 0 aliphatic carbocycles. The van der Waals surface area contributed by atoms with E-state index in [1.165, 1.54) is 0 Å². The first-order valence-corrected chi connectivity index (χ1v) is 6.83. The minimum absolute atomic E-state index is 0.230. The number of aliphatic hydroxyl groups is 1. The molecule has 0 saturated heterocycles. The molecule has 1 rings (SSSR count). The minimum Gasteiger partial charge on any atom is -0.396 e. The quantitative estimate of drug-likeness (QED) is 0.711. The van der Waals surface area contributed by atoms with Crippen LogP contribution < -0.4 is 5.32 Å². The third kappa shape index (κ3) is 4.92. The normalized spacial score (nSPS) is 13.0. The first-order valence-electron chi connectivity index (χ1n) is 5.03. The molecule has 1 atom stereocenters. The number of hydrogen-bond acceptors (Lipinski definition) is 6. The van der Waals surface area contributed by atoms with Gasteiger partial charge < -0.3 is 10.4 Å². The van der Waals surface area contributed by atoms with Crippen LogP contribution in [0.4, 0.5) is 0 Å². The fraction of sp³-hybridized carbons (Fsp3) is 0.778. The Bertz CT molecular complexity index is 274. The lowest BCUT2D eigenvalue weighted by Crippen LogP contribution is -2.31. The van der Waals surface area contributed by atoms with Gasteiger partial charge in [0.2, 0.25) is 0 Å². The van der Waals surface area contributed by atoms with Crippen molar-refractivity contribution in [2.24, 2.45) is 0 Å². The van der Waals surface area contributed by atoms with Gasteiger partial charge in [-0.15, -0.1) is 10.2 Å². The van der Waals surface area contributed by atoms with Crippen molar-refractivity contribution < 1.29 is 5.11 Å². The maximum atomic E-state index is 8.89. The molecule has 15 heavy (non-hydrogen) atoms. The Morgan fingerprint density at radius 1 is 1.53 bits per heavy atom. The molecule has 0 aromatic carbocycles. The van der Waals surface area contributed by atoms with E-state index in [0.29, 0.717) is 6.04 Å². The maximum Gasteiger partial charge on any atom is 0.174 e. The van der Waals surface area contributed by atoms with Gasteiger partial charge in [0, 0.05) is 18.4 Å². The summed E-state index contributed by atoms with van der Waals surface area (Å²) in [5.41, 5.74) is 0. The predicted molar refractivity (Wildman–Crippen MR) is 64.5 cm³/mol. The van der Waals surface area contributed by atoms with E-state index < -0.39 is 0 Å². The van der Waals surface area contributed by atoms with Gasteiger partial charge in [-0.05, 0) is 19.9 Å². The van der Waals surface area contributed by atoms with Gasteiger partial charge >= 0.3 is 0 Å². The van der Waals surface area contributed by atoms with Crippen LogP contribution in [-0.4, -0.2) is 40.3 Å². The van der Waals surface area contributed by atoms with Crippen LogP contribution in [0.1, 0.15) is 18.4 Å². The number of hydrogen-bond donors (Lipinski definition) is 2. The summed E-state index contributed by atoms with van der Waals surface area (Å²) in [5.74, 6) is 0.934. The van der Waals surface area contributed by atoms with Crippen molar-refractivity contribution >= 4 is 23.1 Å². The van der Waals surface area contributed by atoms with E-state index in [-0.39, 0.29) is 6.61 Å². The molecule has 2 N–H and O–H groups in total. The zero-order valence-corrected chi connectivity index (χ0v) is 10.7. The van der Waals surface area contributed by atoms with E-state index in [2.05, 4.69) is 22.4 Å². The summed E-state index contributed by atoms with van der Waals surface area (Å²) >= 11 is 3.32. The molecule has 6 heteroatoms. The number of aromatic nitrogens is 2. The van der Waals surface area contributed by atoms with Crippen LogP contribution in [0.2, 0.25) is 0 Å². The van der Waals surface area contributed by atoms with Gasteiger partial charge in [-0.25, -0.2) is 0 Å². The van der Waals surface area contributed by atoms with Crippen LogP contribution in [0.15, 0.2) is 4.34 Å². The molecule has 86 valence electrons. The van der Waals surface area contributed by atoms with Gasteiger partial charge in [-0.2, -0.15) is 0 Å². The zero-order chi connectivity index (χ0) is 11.1. The monoisotopic (exact) mass is 247 g/mol. The summed E-state index contributed by atoms with van der Waals surface area (Å²) in [6.45, 7) is 5.19. The van der Waals surface area contributed by atoms with Crippen molar-refractivity contribution in [3.05, 3.63) is 5.01 Å². The van der Waals surface area contributed by atoms with Gasteiger partial charge in [-0.3, -0.25) is 0 Å². The van der Waals surface area contributed by atoms with Crippen LogP contribution in [-0.2, 0) is 0 Å². The van der Waals surface area contributed by atoms with Crippen LogP contribution >= 0.6 is 23.1 Å². The molecule has 0 radical (unpaired) electrons. The predicted octanol–water partition coefficient (Wildman–Crippen LogP) is 1.30. The third-order valence-electron chi connectivity index (χ3n) is 1.89. The van der Waals surface area contributed by atoms with Gasteiger partial charge in [0.15, 0.2) is 4.34 Å². The highest BCUT2D eigenvalue weighted by atomic mass is 32.2. The fourth-order valence-electron chi connectivity index (χ4n) is 1.20. The Labute approximate surface area is 98.5 Å². The van der Waals surface area contributed by atoms with Crippen molar-refractivity contribution in [1.82, 2.24) is 15.5 Å². The molecule has 0 saturated carbocycles. The molecule has 4 nitrogen and oxygen atoms in total. The van der Waals surface area contributed by atoms with Crippen molar-refractivity contribution in [2.75, 3.05) is 18.9 Å². The van der Waals surface area contributed by atoms with E-state index in [4.69, 9.17) is 5.11 Å². The van der Waals surface area contributed by atoms with E-state index in [1.54, 1.807) is 23.1 Å². The number of nitrogens with zero attached hydrogens (tertiary/aromatic N) is 2. The van der Waals surface area contributed by atoms with Gasteiger partial charge in [-0.1, -0.05) is 30.0 Å². The van der Waals surface area contributed by atoms with Gasteiger partial charge in [0.1, 0.15) is 5.01 Å². The third-order valence-corrected chi connectivity index (χ3v) is 4.02.